The average molecular weight is 1500 g/mol. The highest BCUT2D eigenvalue weighted by atomic mass is 33.1. The normalized spacial score (nSPS) is 13.7. The Morgan fingerprint density at radius 1 is 0.340 bits per heavy atom. The lowest BCUT2D eigenvalue weighted by Crippen LogP contribution is -2.47. The molecule has 608 valence electrons. The van der Waals surface area contributed by atoms with Gasteiger partial charge in [-0.25, -0.2) is 0 Å². The number of unbranched alkanes of at least 4 members (excludes halogenated alkanes) is 27. The van der Waals surface area contributed by atoms with Crippen molar-refractivity contribution in [1.29, 1.82) is 0 Å². The van der Waals surface area contributed by atoms with Crippen LogP contribution in [0.25, 0.3) is 0 Å². The molecule has 16 nitrogen and oxygen atoms in total. The number of carbonyl (C=O) groups excluding carboxylic acids is 5. The minimum Gasteiger partial charge on any atom is -0.466 e. The molecule has 1 saturated heterocycles. The van der Waals surface area contributed by atoms with E-state index in [1.807, 2.05) is 21.6 Å². The van der Waals surface area contributed by atoms with Gasteiger partial charge in [0.15, 0.2) is 0 Å². The monoisotopic (exact) mass is 1500 g/mol. The number of piperazine rings is 1. The molecular formula is C85H164N4O12S2. The summed E-state index contributed by atoms with van der Waals surface area (Å²) in [5.41, 5.74) is 0. The molecule has 103 heavy (non-hydrogen) atoms. The molecule has 0 radical (unpaired) electrons. The van der Waals surface area contributed by atoms with Crippen LogP contribution < -0.4 is 0 Å². The molecule has 1 aliphatic rings. The molecule has 1 fully saturated rings. The van der Waals surface area contributed by atoms with E-state index in [0.29, 0.717) is 109 Å². The highest BCUT2D eigenvalue weighted by molar-refractivity contribution is 8.76. The van der Waals surface area contributed by atoms with Crippen LogP contribution in [-0.2, 0) is 47.7 Å². The summed E-state index contributed by atoms with van der Waals surface area (Å²) in [6, 6.07) is 0. The number of esters is 5. The first-order valence-electron chi connectivity index (χ1n) is 43.6. The summed E-state index contributed by atoms with van der Waals surface area (Å²) in [6.07, 6.45) is 49.6. The third kappa shape index (κ3) is 64.4. The first-order valence-corrected chi connectivity index (χ1v) is 46.1. The number of nitrogens with zero attached hydrogens (tertiary/aromatic N) is 4. The molecular weight excluding hydrogens is 1330 g/mol. The third-order valence-corrected chi connectivity index (χ3v) is 23.6. The van der Waals surface area contributed by atoms with Gasteiger partial charge in [0.05, 0.1) is 32.0 Å². The van der Waals surface area contributed by atoms with E-state index in [-0.39, 0.29) is 36.0 Å². The van der Waals surface area contributed by atoms with Crippen molar-refractivity contribution in [3.8, 4) is 0 Å². The van der Waals surface area contributed by atoms with Crippen LogP contribution in [0.15, 0.2) is 0 Å². The fraction of sp³-hybridized carbons (Fsp3) is 0.941. The number of aliphatic hydroxyl groups excluding tert-OH is 2. The van der Waals surface area contributed by atoms with E-state index in [1.54, 1.807) is 0 Å². The van der Waals surface area contributed by atoms with Crippen molar-refractivity contribution in [3.05, 3.63) is 0 Å². The number of rotatable bonds is 78. The van der Waals surface area contributed by atoms with Gasteiger partial charge in [-0.2, -0.15) is 0 Å². The lowest BCUT2D eigenvalue weighted by molar-refractivity contribution is -0.150. The summed E-state index contributed by atoms with van der Waals surface area (Å²) < 4.78 is 28.5. The molecule has 0 bridgehead atoms. The van der Waals surface area contributed by atoms with E-state index in [1.165, 1.54) is 122 Å². The van der Waals surface area contributed by atoms with Gasteiger partial charge in [0.2, 0.25) is 0 Å². The first-order chi connectivity index (χ1) is 50.3. The topological polar surface area (TPSA) is 185 Å². The molecule has 1 aliphatic heterocycles. The van der Waals surface area contributed by atoms with Crippen molar-refractivity contribution in [2.24, 2.45) is 11.8 Å². The molecule has 0 saturated carbocycles. The van der Waals surface area contributed by atoms with Gasteiger partial charge in [-0.05, 0) is 154 Å². The molecule has 0 aromatic rings. The maximum atomic E-state index is 13.1. The Balaban J connectivity index is 2.51. The predicted octanol–water partition coefficient (Wildman–Crippen LogP) is 20.3. The van der Waals surface area contributed by atoms with Crippen LogP contribution in [0, 0.1) is 11.8 Å². The van der Waals surface area contributed by atoms with E-state index in [2.05, 4.69) is 68.1 Å². The van der Waals surface area contributed by atoms with Gasteiger partial charge in [0.25, 0.3) is 0 Å². The Bertz CT molecular complexity index is 1850. The van der Waals surface area contributed by atoms with Crippen molar-refractivity contribution >= 4 is 51.4 Å². The summed E-state index contributed by atoms with van der Waals surface area (Å²) >= 11 is 0. The Morgan fingerprint density at radius 3 is 1.17 bits per heavy atom. The highest BCUT2D eigenvalue weighted by Gasteiger charge is 2.21. The molecule has 2 unspecified atom stereocenters. The van der Waals surface area contributed by atoms with Crippen LogP contribution in [0.3, 0.4) is 0 Å². The maximum Gasteiger partial charge on any atom is 0.306 e. The van der Waals surface area contributed by atoms with Crippen molar-refractivity contribution in [2.45, 2.75) is 388 Å². The predicted molar refractivity (Wildman–Crippen MR) is 434 cm³/mol. The standard InChI is InChI=1S/C85H164N4O12S2/c1-8-15-18-21-24-25-26-32-45-68-97-81(92)53-37-33-43-59-86(58-42-31-27-30-36-56-85(96)101-80(51-34-28-22-19-16-9-2)52-35-29-23-20-17-10-3)61-47-57-82(93)98-69-67-88-65-63-87(64-66-88)60-44-46-70-102-103-71-48-62-89(72-78(90)49-38-40-54-83(94)99-74-76(11-4)12-5)73-79(91)50-39-41-55-84(95)100-75-77(13-6)14-7/h76-80,90-91H,8-75H2,1-7H3. The lowest BCUT2D eigenvalue weighted by atomic mass is 10.0. The number of ether oxygens (including phenoxy) is 5. The molecule has 2 atom stereocenters. The quantitative estimate of drug-likeness (QED) is 0.0253. The Kier molecular flexibility index (Phi) is 70.9. The fourth-order valence-electron chi connectivity index (χ4n) is 13.7. The molecule has 18 heteroatoms. The van der Waals surface area contributed by atoms with Gasteiger partial charge in [-0.15, -0.1) is 0 Å². The first kappa shape index (κ1) is 98.8. The minimum absolute atomic E-state index is 0.0108. The van der Waals surface area contributed by atoms with Crippen molar-refractivity contribution in [1.82, 2.24) is 19.6 Å². The second-order valence-corrected chi connectivity index (χ2v) is 33.1. The maximum absolute atomic E-state index is 13.1. The second-order valence-electron chi connectivity index (χ2n) is 30.4. The zero-order valence-electron chi connectivity index (χ0n) is 68.1. The van der Waals surface area contributed by atoms with Crippen molar-refractivity contribution < 1.29 is 57.9 Å². The van der Waals surface area contributed by atoms with E-state index >= 15 is 0 Å². The molecule has 0 spiro atoms. The average Bonchev–Trinajstić information content (AvgIpc) is 1.64. The Morgan fingerprint density at radius 2 is 0.689 bits per heavy atom. The summed E-state index contributed by atoms with van der Waals surface area (Å²) in [5.74, 6) is 2.40. The number of hydrogen-bond acceptors (Lipinski definition) is 18. The summed E-state index contributed by atoms with van der Waals surface area (Å²) in [7, 11) is 3.84. The Labute approximate surface area is 641 Å². The number of carbonyl (C=O) groups is 5. The third-order valence-electron chi connectivity index (χ3n) is 21.1. The molecule has 1 heterocycles. The van der Waals surface area contributed by atoms with E-state index in [9.17, 15) is 34.2 Å². The summed E-state index contributed by atoms with van der Waals surface area (Å²) in [6.45, 7) is 27.6. The van der Waals surface area contributed by atoms with Crippen LogP contribution in [0.5, 0.6) is 0 Å². The second kappa shape index (κ2) is 73.9. The zero-order valence-corrected chi connectivity index (χ0v) is 69.7. The molecule has 2 N–H and O–H groups in total. The fourth-order valence-corrected chi connectivity index (χ4v) is 15.9. The van der Waals surface area contributed by atoms with Gasteiger partial charge in [-0.1, -0.05) is 250 Å². The van der Waals surface area contributed by atoms with Crippen LogP contribution in [0.1, 0.15) is 370 Å². The number of aliphatic hydroxyl groups is 2. The molecule has 0 aromatic carbocycles. The van der Waals surface area contributed by atoms with Crippen LogP contribution in [0.2, 0.25) is 0 Å². The van der Waals surface area contributed by atoms with Crippen molar-refractivity contribution in [3.63, 3.8) is 0 Å². The van der Waals surface area contributed by atoms with Gasteiger partial charge >= 0.3 is 29.8 Å². The van der Waals surface area contributed by atoms with E-state index in [0.717, 1.165) is 218 Å². The van der Waals surface area contributed by atoms with Crippen molar-refractivity contribution in [2.75, 3.05) is 116 Å². The number of hydrogen-bond donors (Lipinski definition) is 2. The largest absolute Gasteiger partial charge is 0.466 e. The summed E-state index contributed by atoms with van der Waals surface area (Å²) in [5, 5.41) is 22.2. The van der Waals surface area contributed by atoms with Crippen LogP contribution in [-0.4, -0.2) is 194 Å². The van der Waals surface area contributed by atoms with Gasteiger partial charge in [-0.3, -0.25) is 33.8 Å². The SMILES string of the molecule is CCCCCCCCCCCOC(=O)CCCCCN(CCCCCCCC(=O)OC(CCCCCCCC)CCCCCCCC)CCCC(=O)OCCN1CCN(CCCCSSCCCN(CC(O)CCCCC(=O)OCC(CC)CC)CC(O)CCCCC(=O)OCC(CC)CC)CC1. The van der Waals surface area contributed by atoms with Crippen LogP contribution >= 0.6 is 21.6 Å². The smallest absolute Gasteiger partial charge is 0.306 e. The lowest BCUT2D eigenvalue weighted by Gasteiger charge is -2.34. The zero-order chi connectivity index (χ0) is 75.1. The minimum atomic E-state index is -0.543. The van der Waals surface area contributed by atoms with Gasteiger partial charge in [0.1, 0.15) is 12.7 Å². The molecule has 0 aliphatic carbocycles. The molecule has 0 amide bonds. The van der Waals surface area contributed by atoms with Crippen LogP contribution in [0.4, 0.5) is 0 Å². The highest BCUT2D eigenvalue weighted by Crippen LogP contribution is 2.25. The van der Waals surface area contributed by atoms with Gasteiger partial charge < -0.3 is 43.7 Å². The van der Waals surface area contributed by atoms with E-state index in [4.69, 9.17) is 23.7 Å². The van der Waals surface area contributed by atoms with E-state index < -0.39 is 12.2 Å². The Hall–Kier alpha value is -2.19. The summed E-state index contributed by atoms with van der Waals surface area (Å²) in [4.78, 5) is 73.0. The molecule has 0 aromatic heterocycles. The van der Waals surface area contributed by atoms with Gasteiger partial charge in [0, 0.05) is 89.4 Å². The molecule has 1 rings (SSSR count).